The van der Waals surface area contributed by atoms with Crippen LogP contribution in [0.5, 0.6) is 5.75 Å². The average molecular weight is 312 g/mol. The number of esters is 1. The van der Waals surface area contributed by atoms with Gasteiger partial charge in [-0.1, -0.05) is 13.3 Å². The van der Waals surface area contributed by atoms with E-state index in [0.29, 0.717) is 6.42 Å². The van der Waals surface area contributed by atoms with Crippen LogP contribution >= 0.6 is 0 Å². The predicted octanol–water partition coefficient (Wildman–Crippen LogP) is 0.294. The third-order valence-corrected chi connectivity index (χ3v) is 2.67. The number of unbranched alkanes of at least 4 members (excludes halogenated alkanes) is 1. The maximum absolute atomic E-state index is 12.1. The van der Waals surface area contributed by atoms with Gasteiger partial charge in [-0.25, -0.2) is 4.79 Å². The molecule has 1 rings (SSSR count). The van der Waals surface area contributed by atoms with Crippen molar-refractivity contribution in [1.29, 1.82) is 0 Å². The molecule has 0 aliphatic carbocycles. The molecule has 8 heteroatoms. The molecule has 1 aromatic heterocycles. The van der Waals surface area contributed by atoms with E-state index in [1.807, 2.05) is 6.92 Å². The van der Waals surface area contributed by atoms with Gasteiger partial charge in [0.15, 0.2) is 0 Å². The molecular weight excluding hydrogens is 292 g/mol. The number of carbonyl (C=O) groups excluding carboxylic acids is 2. The number of hydrogen-bond acceptors (Lipinski definition) is 7. The van der Waals surface area contributed by atoms with Crippen LogP contribution in [0, 0.1) is 0 Å². The number of carbonyl (C=O) groups is 2. The largest absolute Gasteiger partial charge is 0.486 e. The van der Waals surface area contributed by atoms with Gasteiger partial charge in [-0.3, -0.25) is 9.59 Å². The first-order valence-electron chi connectivity index (χ1n) is 6.92. The number of nitrogens with two attached hydrogens (primary N) is 1. The maximum atomic E-state index is 12.1. The molecule has 0 saturated carbocycles. The number of methoxy groups -OCH3 is 1. The summed E-state index contributed by atoms with van der Waals surface area (Å²) in [6.07, 6.45) is 1.57. The summed E-state index contributed by atoms with van der Waals surface area (Å²) in [5, 5.41) is 2.46. The van der Waals surface area contributed by atoms with Crippen molar-refractivity contribution in [3.05, 3.63) is 27.8 Å². The molecule has 0 aromatic carbocycles. The van der Waals surface area contributed by atoms with E-state index in [1.54, 1.807) is 0 Å². The van der Waals surface area contributed by atoms with Crippen molar-refractivity contribution in [2.75, 3.05) is 26.8 Å². The van der Waals surface area contributed by atoms with Crippen molar-refractivity contribution in [2.24, 2.45) is 5.73 Å². The van der Waals surface area contributed by atoms with E-state index in [1.165, 1.54) is 0 Å². The Bertz CT molecular complexity index is 581. The lowest BCUT2D eigenvalue weighted by Gasteiger charge is -2.10. The highest BCUT2D eigenvalue weighted by atomic mass is 16.5. The van der Waals surface area contributed by atoms with Gasteiger partial charge in [-0.15, -0.1) is 0 Å². The van der Waals surface area contributed by atoms with E-state index < -0.39 is 17.3 Å². The van der Waals surface area contributed by atoms with Gasteiger partial charge in [0.25, 0.3) is 5.91 Å². The minimum absolute atomic E-state index is 0.194. The lowest BCUT2D eigenvalue weighted by atomic mass is 10.3. The maximum Gasteiger partial charge on any atom is 0.374 e. The number of nitrogens with one attached hydrogen (secondary N) is 1. The lowest BCUT2D eigenvalue weighted by Crippen LogP contribution is -2.30. The van der Waals surface area contributed by atoms with Crippen molar-refractivity contribution in [2.45, 2.75) is 19.8 Å². The predicted molar refractivity (Wildman–Crippen MR) is 78.1 cm³/mol. The Morgan fingerprint density at radius 1 is 1.41 bits per heavy atom. The van der Waals surface area contributed by atoms with Crippen molar-refractivity contribution in [3.63, 3.8) is 0 Å². The molecule has 0 radical (unpaired) electrons. The monoisotopic (exact) mass is 312 g/mol. The molecule has 0 aliphatic rings. The highest BCUT2D eigenvalue weighted by Gasteiger charge is 2.23. The van der Waals surface area contributed by atoms with Gasteiger partial charge >= 0.3 is 5.97 Å². The van der Waals surface area contributed by atoms with Crippen LogP contribution in [0.1, 0.15) is 40.9 Å². The highest BCUT2D eigenvalue weighted by Crippen LogP contribution is 2.16. The molecule has 3 N–H and O–H groups in total. The summed E-state index contributed by atoms with van der Waals surface area (Å²) >= 11 is 0. The molecule has 0 aliphatic heterocycles. The van der Waals surface area contributed by atoms with Gasteiger partial charge in [-0.05, 0) is 6.42 Å². The summed E-state index contributed by atoms with van der Waals surface area (Å²) in [5.74, 6) is -2.49. The number of hydrogen-bond donors (Lipinski definition) is 2. The van der Waals surface area contributed by atoms with Crippen LogP contribution in [0.3, 0.4) is 0 Å². The second kappa shape index (κ2) is 8.83. The van der Waals surface area contributed by atoms with E-state index in [4.69, 9.17) is 14.9 Å². The first-order chi connectivity index (χ1) is 10.5. The van der Waals surface area contributed by atoms with Crippen molar-refractivity contribution in [3.8, 4) is 5.75 Å². The first kappa shape index (κ1) is 17.7. The summed E-state index contributed by atoms with van der Waals surface area (Å²) in [4.78, 5) is 35.6. The molecular formula is C14H20N2O6. The van der Waals surface area contributed by atoms with Crippen LogP contribution in [-0.2, 0) is 4.74 Å². The van der Waals surface area contributed by atoms with Crippen LogP contribution in [0.4, 0.5) is 0 Å². The van der Waals surface area contributed by atoms with Gasteiger partial charge in [-0.2, -0.15) is 0 Å². The van der Waals surface area contributed by atoms with Crippen LogP contribution in [0.25, 0.3) is 0 Å². The summed E-state index contributed by atoms with van der Waals surface area (Å²) in [6.45, 7) is 2.63. The Kier molecular flexibility index (Phi) is 7.11. The normalized spacial score (nSPS) is 10.1. The van der Waals surface area contributed by atoms with Gasteiger partial charge in [0.2, 0.25) is 22.7 Å². The number of amides is 1. The van der Waals surface area contributed by atoms with Crippen LogP contribution in [-0.4, -0.2) is 38.7 Å². The SMILES string of the molecule is CCCCOc1c(C(=O)NCCN)oc(C(=O)OC)cc1=O. The quantitative estimate of drug-likeness (QED) is 0.523. The van der Waals surface area contributed by atoms with Gasteiger partial charge in [0.05, 0.1) is 13.7 Å². The average Bonchev–Trinajstić information content (AvgIpc) is 2.52. The van der Waals surface area contributed by atoms with Crippen molar-refractivity contribution < 1.29 is 23.5 Å². The summed E-state index contributed by atoms with van der Waals surface area (Å²) < 4.78 is 15.0. The zero-order chi connectivity index (χ0) is 16.5. The molecule has 0 spiro atoms. The summed E-state index contributed by atoms with van der Waals surface area (Å²) in [6, 6.07) is 0.937. The van der Waals surface area contributed by atoms with Crippen molar-refractivity contribution in [1.82, 2.24) is 5.32 Å². The Hall–Kier alpha value is -2.35. The Morgan fingerprint density at radius 3 is 2.73 bits per heavy atom. The smallest absolute Gasteiger partial charge is 0.374 e. The van der Waals surface area contributed by atoms with E-state index in [9.17, 15) is 14.4 Å². The fourth-order valence-electron chi connectivity index (χ4n) is 1.55. The molecule has 8 nitrogen and oxygen atoms in total. The van der Waals surface area contributed by atoms with E-state index in [-0.39, 0.29) is 37.0 Å². The third-order valence-electron chi connectivity index (χ3n) is 2.67. The summed E-state index contributed by atoms with van der Waals surface area (Å²) in [7, 11) is 1.14. The Balaban J connectivity index is 3.19. The fraction of sp³-hybridized carbons (Fsp3) is 0.500. The fourth-order valence-corrected chi connectivity index (χ4v) is 1.55. The highest BCUT2D eigenvalue weighted by molar-refractivity contribution is 5.95. The molecule has 122 valence electrons. The van der Waals surface area contributed by atoms with Crippen LogP contribution in [0.15, 0.2) is 15.3 Å². The molecule has 0 bridgehead atoms. The first-order valence-corrected chi connectivity index (χ1v) is 6.92. The molecule has 0 saturated heterocycles. The van der Waals surface area contributed by atoms with Crippen LogP contribution < -0.4 is 21.2 Å². The van der Waals surface area contributed by atoms with Gasteiger partial charge in [0, 0.05) is 19.2 Å². The molecule has 22 heavy (non-hydrogen) atoms. The molecule has 1 heterocycles. The van der Waals surface area contributed by atoms with E-state index in [2.05, 4.69) is 10.1 Å². The van der Waals surface area contributed by atoms with Gasteiger partial charge in [0.1, 0.15) is 0 Å². The number of ether oxygens (including phenoxy) is 2. The minimum Gasteiger partial charge on any atom is -0.486 e. The molecule has 0 atom stereocenters. The molecule has 1 aromatic rings. The van der Waals surface area contributed by atoms with Crippen molar-refractivity contribution >= 4 is 11.9 Å². The third kappa shape index (κ3) is 4.59. The standard InChI is InChI=1S/C14H20N2O6/c1-3-4-7-21-11-9(17)8-10(14(19)20-2)22-12(11)13(18)16-6-5-15/h8H,3-7,15H2,1-2H3,(H,16,18). The lowest BCUT2D eigenvalue weighted by molar-refractivity contribution is 0.0557. The second-order valence-electron chi connectivity index (χ2n) is 4.37. The minimum atomic E-state index is -0.856. The van der Waals surface area contributed by atoms with E-state index in [0.717, 1.165) is 19.6 Å². The summed E-state index contributed by atoms with van der Waals surface area (Å²) in [5.41, 5.74) is 4.68. The zero-order valence-corrected chi connectivity index (χ0v) is 12.6. The second-order valence-corrected chi connectivity index (χ2v) is 4.37. The zero-order valence-electron chi connectivity index (χ0n) is 12.6. The molecule has 1 amide bonds. The Morgan fingerprint density at radius 2 is 2.14 bits per heavy atom. The Labute approximate surface area is 127 Å². The van der Waals surface area contributed by atoms with Crippen LogP contribution in [0.2, 0.25) is 0 Å². The molecule has 0 fully saturated rings. The van der Waals surface area contributed by atoms with Gasteiger partial charge < -0.3 is 24.9 Å². The topological polar surface area (TPSA) is 121 Å². The number of rotatable bonds is 8. The molecule has 0 unspecified atom stereocenters. The van der Waals surface area contributed by atoms with E-state index >= 15 is 0 Å².